The standard InChI is InChI=1S/C36H54O3/c1-7-38-32-23-27-22-28(39-34(37)26-14-9-8-10-15-26)18-20-35(27,5)31-19-21-36(6)29(16-17-30(36)33(31)32)25(4)13-11-12-24(2)3/h8-10,14-15,23-25,28-33H,7,11-13,16-22H2,1-6H3/t25-,28-,29+,30-,31-,32-,33-,35-,36+/m0/s1. The van der Waals surface area contributed by atoms with E-state index in [-0.39, 0.29) is 23.6 Å². The van der Waals surface area contributed by atoms with Crippen LogP contribution in [0.15, 0.2) is 42.0 Å². The number of fused-ring (bicyclic) bond motifs is 5. The Hall–Kier alpha value is -1.61. The number of hydrogen-bond acceptors (Lipinski definition) is 3. The molecule has 0 spiro atoms. The topological polar surface area (TPSA) is 35.5 Å². The molecule has 0 aliphatic heterocycles. The van der Waals surface area contributed by atoms with Crippen LogP contribution in [0.2, 0.25) is 0 Å². The summed E-state index contributed by atoms with van der Waals surface area (Å²) in [5, 5.41) is 0. The van der Waals surface area contributed by atoms with Gasteiger partial charge in [-0.1, -0.05) is 83.7 Å². The molecule has 0 unspecified atom stereocenters. The first-order valence-electron chi connectivity index (χ1n) is 16.3. The predicted molar refractivity (Wildman–Crippen MR) is 159 cm³/mol. The highest BCUT2D eigenvalue weighted by molar-refractivity contribution is 5.89. The van der Waals surface area contributed by atoms with Crippen molar-refractivity contribution in [3.63, 3.8) is 0 Å². The van der Waals surface area contributed by atoms with Crippen molar-refractivity contribution in [3.8, 4) is 0 Å². The smallest absolute Gasteiger partial charge is 0.338 e. The molecule has 9 atom stereocenters. The molecule has 1 aromatic carbocycles. The molecule has 0 saturated heterocycles. The Morgan fingerprint density at radius 3 is 2.46 bits per heavy atom. The third-order valence-corrected chi connectivity index (χ3v) is 11.9. The lowest BCUT2D eigenvalue weighted by atomic mass is 9.46. The lowest BCUT2D eigenvalue weighted by Crippen LogP contribution is -2.55. The zero-order chi connectivity index (χ0) is 27.8. The van der Waals surface area contributed by atoms with E-state index in [9.17, 15) is 4.79 Å². The van der Waals surface area contributed by atoms with Gasteiger partial charge in [0.2, 0.25) is 0 Å². The largest absolute Gasteiger partial charge is 0.458 e. The quantitative estimate of drug-likeness (QED) is 0.234. The third kappa shape index (κ3) is 5.51. The summed E-state index contributed by atoms with van der Waals surface area (Å²) in [7, 11) is 0. The Morgan fingerprint density at radius 2 is 1.74 bits per heavy atom. The molecule has 3 heteroatoms. The van der Waals surface area contributed by atoms with E-state index >= 15 is 0 Å². The summed E-state index contributed by atoms with van der Waals surface area (Å²) in [4.78, 5) is 12.8. The van der Waals surface area contributed by atoms with Crippen molar-refractivity contribution in [2.24, 2.45) is 46.3 Å². The number of esters is 1. The van der Waals surface area contributed by atoms with Gasteiger partial charge in [0.1, 0.15) is 6.10 Å². The lowest BCUT2D eigenvalue weighted by molar-refractivity contribution is -0.113. The van der Waals surface area contributed by atoms with Crippen molar-refractivity contribution >= 4 is 5.97 Å². The van der Waals surface area contributed by atoms with E-state index in [1.165, 1.54) is 50.5 Å². The Labute approximate surface area is 238 Å². The molecule has 3 saturated carbocycles. The maximum Gasteiger partial charge on any atom is 0.338 e. The van der Waals surface area contributed by atoms with Crippen molar-refractivity contribution < 1.29 is 14.3 Å². The maximum absolute atomic E-state index is 12.8. The molecule has 0 aromatic heterocycles. The van der Waals surface area contributed by atoms with E-state index in [1.807, 2.05) is 30.3 Å². The second kappa shape index (κ2) is 11.7. The van der Waals surface area contributed by atoms with Gasteiger partial charge in [-0.05, 0) is 104 Å². The molecule has 1 aromatic rings. The van der Waals surface area contributed by atoms with Crippen LogP contribution in [0.4, 0.5) is 0 Å². The minimum absolute atomic E-state index is 0.0349. The SMILES string of the molecule is CCO[C@H]1C=C2C[C@@H](OC(=O)c3ccccc3)CC[C@]2(C)[C@H]2CC[C@]3(C)[C@@H]([C@@H](C)CCCC(C)C)CC[C@H]3[C@H]12. The first kappa shape index (κ1) is 28.9. The van der Waals surface area contributed by atoms with E-state index in [2.05, 4.69) is 47.6 Å². The fourth-order valence-electron chi connectivity index (χ4n) is 9.86. The maximum atomic E-state index is 12.8. The summed E-state index contributed by atoms with van der Waals surface area (Å²) in [6, 6.07) is 9.45. The number of ether oxygens (including phenoxy) is 2. The van der Waals surface area contributed by atoms with Gasteiger partial charge in [-0.25, -0.2) is 4.79 Å². The van der Waals surface area contributed by atoms with Crippen molar-refractivity contribution in [1.82, 2.24) is 0 Å². The van der Waals surface area contributed by atoms with E-state index < -0.39 is 0 Å². The van der Waals surface area contributed by atoms with Gasteiger partial charge in [0.25, 0.3) is 0 Å². The van der Waals surface area contributed by atoms with Gasteiger partial charge in [0.15, 0.2) is 0 Å². The normalized spacial score (nSPS) is 38.4. The monoisotopic (exact) mass is 534 g/mol. The van der Waals surface area contributed by atoms with Gasteiger partial charge in [-0.2, -0.15) is 0 Å². The molecule has 0 amide bonds. The number of carbonyl (C=O) groups excluding carboxylic acids is 1. The number of carbonyl (C=O) groups is 1. The fraction of sp³-hybridized carbons (Fsp3) is 0.750. The van der Waals surface area contributed by atoms with Crippen LogP contribution in [-0.4, -0.2) is 24.8 Å². The summed E-state index contributed by atoms with van der Waals surface area (Å²) in [5.41, 5.74) is 2.80. The Bertz CT molecular complexity index is 1010. The second-order valence-corrected chi connectivity index (χ2v) is 14.5. The molecule has 0 radical (unpaired) electrons. The Kier molecular flexibility index (Phi) is 8.68. The molecule has 5 rings (SSSR count). The molecular weight excluding hydrogens is 480 g/mol. The molecule has 39 heavy (non-hydrogen) atoms. The summed E-state index contributed by atoms with van der Waals surface area (Å²) < 4.78 is 12.6. The highest BCUT2D eigenvalue weighted by atomic mass is 16.5. The number of rotatable bonds is 9. The Morgan fingerprint density at radius 1 is 0.974 bits per heavy atom. The molecule has 4 aliphatic carbocycles. The summed E-state index contributed by atoms with van der Waals surface area (Å²) in [5.74, 6) is 4.35. The minimum Gasteiger partial charge on any atom is -0.458 e. The van der Waals surface area contributed by atoms with Crippen molar-refractivity contribution in [1.29, 1.82) is 0 Å². The van der Waals surface area contributed by atoms with E-state index in [4.69, 9.17) is 9.47 Å². The zero-order valence-electron chi connectivity index (χ0n) is 25.6. The van der Waals surface area contributed by atoms with Gasteiger partial charge in [0.05, 0.1) is 11.7 Å². The fourth-order valence-corrected chi connectivity index (χ4v) is 9.86. The first-order valence-corrected chi connectivity index (χ1v) is 16.3. The summed E-state index contributed by atoms with van der Waals surface area (Å²) in [6.45, 7) is 15.4. The van der Waals surface area contributed by atoms with Gasteiger partial charge in [-0.15, -0.1) is 0 Å². The van der Waals surface area contributed by atoms with Crippen molar-refractivity contribution in [2.45, 2.75) is 118 Å². The van der Waals surface area contributed by atoms with Crippen LogP contribution in [0.5, 0.6) is 0 Å². The average Bonchev–Trinajstić information content (AvgIpc) is 3.27. The summed E-state index contributed by atoms with van der Waals surface area (Å²) in [6.07, 6.45) is 15.2. The summed E-state index contributed by atoms with van der Waals surface area (Å²) >= 11 is 0. The molecule has 0 heterocycles. The van der Waals surface area contributed by atoms with E-state index in [0.29, 0.717) is 22.8 Å². The average molecular weight is 535 g/mol. The predicted octanol–water partition coefficient (Wildman–Crippen LogP) is 9.27. The Balaban J connectivity index is 1.34. The van der Waals surface area contributed by atoms with Crippen LogP contribution in [0.25, 0.3) is 0 Å². The van der Waals surface area contributed by atoms with Gasteiger partial charge in [0, 0.05) is 13.0 Å². The van der Waals surface area contributed by atoms with Gasteiger partial charge < -0.3 is 9.47 Å². The highest BCUT2D eigenvalue weighted by Crippen LogP contribution is 2.67. The van der Waals surface area contributed by atoms with Crippen LogP contribution < -0.4 is 0 Å². The third-order valence-electron chi connectivity index (χ3n) is 11.9. The van der Waals surface area contributed by atoms with E-state index in [0.717, 1.165) is 49.5 Å². The van der Waals surface area contributed by atoms with Crippen molar-refractivity contribution in [3.05, 3.63) is 47.5 Å². The molecule has 3 nitrogen and oxygen atoms in total. The molecular formula is C36H54O3. The highest BCUT2D eigenvalue weighted by Gasteiger charge is 2.61. The van der Waals surface area contributed by atoms with Crippen molar-refractivity contribution in [2.75, 3.05) is 6.61 Å². The van der Waals surface area contributed by atoms with Gasteiger partial charge >= 0.3 is 5.97 Å². The molecule has 216 valence electrons. The molecule has 0 bridgehead atoms. The molecule has 4 aliphatic rings. The zero-order valence-corrected chi connectivity index (χ0v) is 25.6. The minimum atomic E-state index is -0.187. The van der Waals surface area contributed by atoms with Crippen LogP contribution in [0.1, 0.15) is 116 Å². The molecule has 0 N–H and O–H groups in total. The number of hydrogen-bond donors (Lipinski definition) is 0. The van der Waals surface area contributed by atoms with Crippen LogP contribution in [-0.2, 0) is 9.47 Å². The first-order chi connectivity index (χ1) is 18.7. The van der Waals surface area contributed by atoms with Crippen LogP contribution in [0.3, 0.4) is 0 Å². The van der Waals surface area contributed by atoms with Gasteiger partial charge in [-0.3, -0.25) is 0 Å². The van der Waals surface area contributed by atoms with Crippen LogP contribution >= 0.6 is 0 Å². The van der Waals surface area contributed by atoms with Crippen LogP contribution in [0, 0.1) is 46.3 Å². The molecule has 3 fully saturated rings. The lowest BCUT2D eigenvalue weighted by Gasteiger charge is -2.60. The van der Waals surface area contributed by atoms with E-state index in [1.54, 1.807) is 0 Å². The second-order valence-electron chi connectivity index (χ2n) is 14.5. The number of benzene rings is 1.